The van der Waals surface area contributed by atoms with Crippen LogP contribution in [0.2, 0.25) is 0 Å². The van der Waals surface area contributed by atoms with Gasteiger partial charge in [0, 0.05) is 5.56 Å². The molecule has 0 radical (unpaired) electrons. The summed E-state index contributed by atoms with van der Waals surface area (Å²) in [4.78, 5) is 27.5. The Morgan fingerprint density at radius 2 is 1.78 bits per heavy atom. The zero-order valence-electron chi connectivity index (χ0n) is 17.7. The van der Waals surface area contributed by atoms with Crippen LogP contribution in [0.25, 0.3) is 5.76 Å². The van der Waals surface area contributed by atoms with Crippen molar-refractivity contribution in [1.29, 1.82) is 0 Å². The van der Waals surface area contributed by atoms with Crippen LogP contribution < -0.4 is 14.4 Å². The van der Waals surface area contributed by atoms with E-state index in [2.05, 4.69) is 10.2 Å². The Hall–Kier alpha value is -3.72. The second-order valence-corrected chi connectivity index (χ2v) is 8.02. The van der Waals surface area contributed by atoms with Crippen molar-refractivity contribution in [3.63, 3.8) is 0 Å². The number of methoxy groups -OCH3 is 2. The third-order valence-electron chi connectivity index (χ3n) is 5.18. The molecule has 0 aliphatic carbocycles. The average molecular weight is 452 g/mol. The van der Waals surface area contributed by atoms with Gasteiger partial charge in [0.2, 0.25) is 5.13 Å². The Morgan fingerprint density at radius 3 is 2.41 bits per heavy atom. The predicted octanol–water partition coefficient (Wildman–Crippen LogP) is 3.74. The van der Waals surface area contributed by atoms with Crippen LogP contribution in [0.5, 0.6) is 11.5 Å². The molecule has 1 saturated heterocycles. The monoisotopic (exact) mass is 451 g/mol. The van der Waals surface area contributed by atoms with Crippen molar-refractivity contribution in [3.8, 4) is 11.5 Å². The second-order valence-electron chi connectivity index (χ2n) is 6.98. The number of amides is 1. The third-order valence-corrected chi connectivity index (χ3v) is 6.25. The highest BCUT2D eigenvalue weighted by molar-refractivity contribution is 7.15. The molecule has 9 heteroatoms. The van der Waals surface area contributed by atoms with E-state index >= 15 is 0 Å². The van der Waals surface area contributed by atoms with E-state index in [1.54, 1.807) is 48.5 Å². The van der Waals surface area contributed by atoms with E-state index in [0.29, 0.717) is 29.0 Å². The van der Waals surface area contributed by atoms with Crippen molar-refractivity contribution in [3.05, 3.63) is 70.2 Å². The Morgan fingerprint density at radius 1 is 1.06 bits per heavy atom. The van der Waals surface area contributed by atoms with Crippen molar-refractivity contribution < 1.29 is 24.2 Å². The van der Waals surface area contributed by atoms with E-state index < -0.39 is 17.7 Å². The van der Waals surface area contributed by atoms with Gasteiger partial charge in [-0.15, -0.1) is 10.2 Å². The molecule has 4 rings (SSSR count). The summed E-state index contributed by atoms with van der Waals surface area (Å²) in [6, 6.07) is 12.8. The van der Waals surface area contributed by atoms with Gasteiger partial charge in [-0.3, -0.25) is 14.5 Å². The molecule has 0 bridgehead atoms. The van der Waals surface area contributed by atoms with Gasteiger partial charge in [-0.1, -0.05) is 54.7 Å². The van der Waals surface area contributed by atoms with Gasteiger partial charge in [0.1, 0.15) is 10.8 Å². The molecular weight excluding hydrogens is 430 g/mol. The first-order valence-electron chi connectivity index (χ1n) is 9.90. The van der Waals surface area contributed by atoms with Crippen molar-refractivity contribution in [2.24, 2.45) is 0 Å². The van der Waals surface area contributed by atoms with Crippen molar-refractivity contribution in [2.45, 2.75) is 19.4 Å². The molecular formula is C23H21N3O5S. The average Bonchev–Trinajstić information content (AvgIpc) is 3.41. The lowest BCUT2D eigenvalue weighted by molar-refractivity contribution is -0.132. The van der Waals surface area contributed by atoms with Gasteiger partial charge in [0.25, 0.3) is 5.78 Å². The van der Waals surface area contributed by atoms with Crippen LogP contribution in [0.15, 0.2) is 54.1 Å². The summed E-state index contributed by atoms with van der Waals surface area (Å²) in [6.07, 6.45) is 0.645. The summed E-state index contributed by atoms with van der Waals surface area (Å²) in [6.45, 7) is 1.93. The maximum atomic E-state index is 13.1. The molecule has 1 atom stereocenters. The zero-order valence-corrected chi connectivity index (χ0v) is 18.5. The van der Waals surface area contributed by atoms with Gasteiger partial charge in [-0.25, -0.2) is 0 Å². The molecule has 1 aromatic heterocycles. The highest BCUT2D eigenvalue weighted by Gasteiger charge is 2.48. The molecule has 1 N–H and O–H groups in total. The number of ketones is 1. The summed E-state index contributed by atoms with van der Waals surface area (Å²) in [5, 5.41) is 20.3. The highest BCUT2D eigenvalue weighted by atomic mass is 32.1. The van der Waals surface area contributed by atoms with Gasteiger partial charge in [-0.2, -0.15) is 0 Å². The van der Waals surface area contributed by atoms with Crippen LogP contribution in [0.4, 0.5) is 5.13 Å². The van der Waals surface area contributed by atoms with Crippen LogP contribution in [0.3, 0.4) is 0 Å². The molecule has 1 aliphatic rings. The molecule has 0 spiro atoms. The van der Waals surface area contributed by atoms with Crippen LogP contribution in [0.1, 0.15) is 29.1 Å². The van der Waals surface area contributed by atoms with Crippen molar-refractivity contribution in [2.75, 3.05) is 19.1 Å². The fourth-order valence-electron chi connectivity index (χ4n) is 3.60. The molecule has 1 fully saturated rings. The minimum Gasteiger partial charge on any atom is -0.507 e. The summed E-state index contributed by atoms with van der Waals surface area (Å²) in [5.41, 5.74) is 0.969. The first-order chi connectivity index (χ1) is 15.5. The maximum absolute atomic E-state index is 13.1. The van der Waals surface area contributed by atoms with E-state index in [9.17, 15) is 14.7 Å². The molecule has 1 unspecified atom stereocenters. The van der Waals surface area contributed by atoms with Gasteiger partial charge >= 0.3 is 5.91 Å². The van der Waals surface area contributed by atoms with Crippen LogP contribution in [-0.2, 0) is 16.0 Å². The lowest BCUT2D eigenvalue weighted by Crippen LogP contribution is -2.29. The lowest BCUT2D eigenvalue weighted by Gasteiger charge is -2.23. The molecule has 1 amide bonds. The van der Waals surface area contributed by atoms with E-state index in [4.69, 9.17) is 9.47 Å². The lowest BCUT2D eigenvalue weighted by atomic mass is 9.95. The zero-order chi connectivity index (χ0) is 22.8. The summed E-state index contributed by atoms with van der Waals surface area (Å²) >= 11 is 1.23. The molecule has 0 saturated carbocycles. The molecule has 2 aromatic carbocycles. The van der Waals surface area contributed by atoms with E-state index in [-0.39, 0.29) is 16.5 Å². The number of Topliss-reactive ketones (excluding diaryl/α,β-unsaturated/α-hetero) is 1. The molecule has 8 nitrogen and oxygen atoms in total. The first kappa shape index (κ1) is 21.5. The minimum absolute atomic E-state index is 0.0262. The number of carbonyl (C=O) groups excluding carboxylic acids is 2. The molecule has 3 aromatic rings. The molecule has 32 heavy (non-hydrogen) atoms. The number of nitrogens with zero attached hydrogens (tertiary/aromatic N) is 3. The van der Waals surface area contributed by atoms with E-state index in [0.717, 1.165) is 5.01 Å². The van der Waals surface area contributed by atoms with Crippen molar-refractivity contribution in [1.82, 2.24) is 10.2 Å². The van der Waals surface area contributed by atoms with Crippen LogP contribution in [-0.4, -0.2) is 41.2 Å². The number of aliphatic hydroxyl groups is 1. The topological polar surface area (TPSA) is 102 Å². The largest absolute Gasteiger partial charge is 0.507 e. The smallest absolute Gasteiger partial charge is 0.301 e. The minimum atomic E-state index is -0.910. The number of carbonyl (C=O) groups is 2. The standard InChI is InChI=1S/C23H21N3O5S/c1-4-17-24-25-23(32-17)26-19(14-10-11-15(30-2)16(12-14)31-3)18(21(28)22(26)29)20(27)13-8-6-5-7-9-13/h5-12,19,27H,4H2,1-3H3/b20-18+. The third kappa shape index (κ3) is 3.60. The van der Waals surface area contributed by atoms with Gasteiger partial charge in [0.05, 0.1) is 25.8 Å². The number of aromatic nitrogens is 2. The van der Waals surface area contributed by atoms with Gasteiger partial charge in [0.15, 0.2) is 11.5 Å². The van der Waals surface area contributed by atoms with Crippen molar-refractivity contribution >= 4 is 33.9 Å². The number of rotatable bonds is 6. The Labute approximate surface area is 188 Å². The maximum Gasteiger partial charge on any atom is 0.301 e. The predicted molar refractivity (Wildman–Crippen MR) is 120 cm³/mol. The SMILES string of the molecule is CCc1nnc(N2C(=O)C(=O)/C(=C(/O)c3ccccc3)C2c2ccc(OC)c(OC)c2)s1. The Bertz CT molecular complexity index is 1210. The highest BCUT2D eigenvalue weighted by Crippen LogP contribution is 2.44. The van der Waals surface area contributed by atoms with Gasteiger partial charge in [-0.05, 0) is 24.1 Å². The van der Waals surface area contributed by atoms with E-state index in [1.807, 2.05) is 6.92 Å². The number of aliphatic hydroxyl groups excluding tert-OH is 1. The number of hydrogen-bond donors (Lipinski definition) is 1. The summed E-state index contributed by atoms with van der Waals surface area (Å²) < 4.78 is 10.7. The Balaban J connectivity index is 1.95. The number of hydrogen-bond acceptors (Lipinski definition) is 8. The molecule has 1 aliphatic heterocycles. The second kappa shape index (κ2) is 8.80. The normalized spacial score (nSPS) is 17.6. The number of anilines is 1. The van der Waals surface area contributed by atoms with Crippen LogP contribution in [0, 0.1) is 0 Å². The van der Waals surface area contributed by atoms with E-state index in [1.165, 1.54) is 30.5 Å². The first-order valence-corrected chi connectivity index (χ1v) is 10.7. The molecule has 2 heterocycles. The Kier molecular flexibility index (Phi) is 5.91. The number of aryl methyl sites for hydroxylation is 1. The number of ether oxygens (including phenoxy) is 2. The fourth-order valence-corrected chi connectivity index (χ4v) is 4.41. The fraction of sp³-hybridized carbons (Fsp3) is 0.217. The van der Waals surface area contributed by atoms with Gasteiger partial charge < -0.3 is 14.6 Å². The number of benzene rings is 2. The summed E-state index contributed by atoms with van der Waals surface area (Å²) in [5.74, 6) is -0.894. The van der Waals surface area contributed by atoms with Crippen LogP contribution >= 0.6 is 11.3 Å². The molecule has 164 valence electrons. The summed E-state index contributed by atoms with van der Waals surface area (Å²) in [7, 11) is 3.02. The quantitative estimate of drug-likeness (QED) is 0.346.